The topological polar surface area (TPSA) is 17.1 Å². The number of rotatable bonds is 3. The molecule has 1 nitrogen and oxygen atoms in total. The summed E-state index contributed by atoms with van der Waals surface area (Å²) < 4.78 is 0. The Morgan fingerprint density at radius 3 is 2.50 bits per heavy atom. The Morgan fingerprint density at radius 1 is 1.60 bits per heavy atom. The minimum absolute atomic E-state index is 0.336. The fourth-order valence-electron chi connectivity index (χ4n) is 1.36. The van der Waals surface area contributed by atoms with E-state index in [1.807, 2.05) is 13.8 Å². The van der Waals surface area contributed by atoms with E-state index in [4.69, 9.17) is 0 Å². The first-order valence-corrected chi connectivity index (χ1v) is 3.85. The van der Waals surface area contributed by atoms with Crippen molar-refractivity contribution in [2.24, 2.45) is 11.8 Å². The van der Waals surface area contributed by atoms with E-state index < -0.39 is 0 Å². The van der Waals surface area contributed by atoms with Crippen LogP contribution in [-0.2, 0) is 4.79 Å². The van der Waals surface area contributed by atoms with Gasteiger partial charge in [-0.05, 0) is 19.3 Å². The van der Waals surface area contributed by atoms with Gasteiger partial charge in [0.2, 0.25) is 0 Å². The van der Waals surface area contributed by atoms with Crippen molar-refractivity contribution in [1.29, 1.82) is 0 Å². The molecule has 56 valence electrons. The fourth-order valence-corrected chi connectivity index (χ4v) is 1.36. The van der Waals surface area contributed by atoms with E-state index in [1.165, 1.54) is 5.57 Å². The monoisotopic (exact) mass is 138 g/mol. The van der Waals surface area contributed by atoms with Gasteiger partial charge in [0, 0.05) is 12.3 Å². The summed E-state index contributed by atoms with van der Waals surface area (Å²) in [6.45, 7) is 7.77. The van der Waals surface area contributed by atoms with Crippen LogP contribution in [0.2, 0.25) is 0 Å². The number of hydrogen-bond donors (Lipinski definition) is 0. The summed E-state index contributed by atoms with van der Waals surface area (Å²) in [5.41, 5.74) is 1.17. The minimum Gasteiger partial charge on any atom is -0.299 e. The summed E-state index contributed by atoms with van der Waals surface area (Å²) >= 11 is 0. The number of ketones is 1. The van der Waals surface area contributed by atoms with E-state index in [0.29, 0.717) is 24.0 Å². The Morgan fingerprint density at radius 2 is 2.20 bits per heavy atom. The molecule has 0 aliphatic heterocycles. The number of Topliss-reactive ketones (excluding diaryl/α,β-unsaturated/α-hetero) is 1. The largest absolute Gasteiger partial charge is 0.299 e. The third-order valence-electron chi connectivity index (χ3n) is 2.19. The SMILES string of the molecule is C=C(C)C1CC1C(=O)CC. The van der Waals surface area contributed by atoms with Crippen molar-refractivity contribution in [2.45, 2.75) is 26.7 Å². The van der Waals surface area contributed by atoms with Crippen molar-refractivity contribution >= 4 is 5.78 Å². The Bertz CT molecular complexity index is 170. The Hall–Kier alpha value is -0.590. The first-order chi connectivity index (χ1) is 4.66. The highest BCUT2D eigenvalue weighted by atomic mass is 16.1. The van der Waals surface area contributed by atoms with Crippen molar-refractivity contribution in [3.05, 3.63) is 12.2 Å². The molecule has 10 heavy (non-hydrogen) atoms. The van der Waals surface area contributed by atoms with Gasteiger partial charge in [-0.25, -0.2) is 0 Å². The number of carbonyl (C=O) groups is 1. The van der Waals surface area contributed by atoms with Crippen LogP contribution in [0.25, 0.3) is 0 Å². The molecule has 0 saturated heterocycles. The van der Waals surface area contributed by atoms with Crippen LogP contribution in [0.4, 0.5) is 0 Å². The van der Waals surface area contributed by atoms with Crippen LogP contribution >= 0.6 is 0 Å². The molecule has 0 N–H and O–H groups in total. The smallest absolute Gasteiger partial charge is 0.136 e. The molecule has 2 unspecified atom stereocenters. The van der Waals surface area contributed by atoms with Gasteiger partial charge in [0.15, 0.2) is 0 Å². The molecule has 1 aliphatic carbocycles. The van der Waals surface area contributed by atoms with Crippen LogP contribution in [0, 0.1) is 11.8 Å². The Labute approximate surface area is 62.1 Å². The predicted octanol–water partition coefficient (Wildman–Crippen LogP) is 2.18. The average Bonchev–Trinajstić information content (AvgIpc) is 2.64. The van der Waals surface area contributed by atoms with E-state index in [9.17, 15) is 4.79 Å². The van der Waals surface area contributed by atoms with Crippen molar-refractivity contribution < 1.29 is 4.79 Å². The third kappa shape index (κ3) is 1.28. The molecule has 0 radical (unpaired) electrons. The zero-order valence-corrected chi connectivity index (χ0v) is 6.68. The number of allylic oxidation sites excluding steroid dienone is 1. The normalized spacial score (nSPS) is 29.8. The number of carbonyl (C=O) groups excluding carboxylic acids is 1. The van der Waals surface area contributed by atoms with E-state index in [1.54, 1.807) is 0 Å². The van der Waals surface area contributed by atoms with Gasteiger partial charge in [0.25, 0.3) is 0 Å². The highest BCUT2D eigenvalue weighted by molar-refractivity contribution is 5.84. The first-order valence-electron chi connectivity index (χ1n) is 3.85. The lowest BCUT2D eigenvalue weighted by Gasteiger charge is -1.94. The van der Waals surface area contributed by atoms with E-state index >= 15 is 0 Å². The Balaban J connectivity index is 2.38. The van der Waals surface area contributed by atoms with Gasteiger partial charge in [0.05, 0.1) is 0 Å². The summed E-state index contributed by atoms with van der Waals surface area (Å²) in [6, 6.07) is 0. The molecule has 0 aromatic carbocycles. The van der Waals surface area contributed by atoms with Gasteiger partial charge >= 0.3 is 0 Å². The molecule has 1 rings (SSSR count). The minimum atomic E-state index is 0.336. The molecular formula is C9H14O. The lowest BCUT2D eigenvalue weighted by atomic mass is 10.1. The third-order valence-corrected chi connectivity index (χ3v) is 2.19. The maximum Gasteiger partial charge on any atom is 0.136 e. The molecule has 0 aromatic rings. The van der Waals surface area contributed by atoms with Crippen molar-refractivity contribution in [1.82, 2.24) is 0 Å². The molecule has 0 heterocycles. The van der Waals surface area contributed by atoms with Crippen LogP contribution in [0.5, 0.6) is 0 Å². The lowest BCUT2D eigenvalue weighted by Crippen LogP contribution is -1.99. The zero-order chi connectivity index (χ0) is 7.72. The molecule has 1 aliphatic rings. The zero-order valence-electron chi connectivity index (χ0n) is 6.68. The molecule has 1 fully saturated rings. The van der Waals surface area contributed by atoms with Gasteiger partial charge in [-0.3, -0.25) is 4.79 Å². The van der Waals surface area contributed by atoms with E-state index in [-0.39, 0.29) is 0 Å². The van der Waals surface area contributed by atoms with Gasteiger partial charge in [-0.15, -0.1) is 0 Å². The summed E-state index contributed by atoms with van der Waals surface area (Å²) in [6.07, 6.45) is 1.75. The summed E-state index contributed by atoms with van der Waals surface area (Å²) in [5, 5.41) is 0. The maximum absolute atomic E-state index is 11.0. The molecule has 1 saturated carbocycles. The van der Waals surface area contributed by atoms with E-state index in [0.717, 1.165) is 6.42 Å². The molecule has 0 bridgehead atoms. The molecule has 2 atom stereocenters. The molecule has 0 amide bonds. The van der Waals surface area contributed by atoms with Crippen LogP contribution in [0.3, 0.4) is 0 Å². The molecule has 0 spiro atoms. The highest BCUT2D eigenvalue weighted by Crippen LogP contribution is 2.44. The van der Waals surface area contributed by atoms with Crippen LogP contribution in [0.1, 0.15) is 26.7 Å². The standard InChI is InChI=1S/C9H14O/c1-4-9(10)8-5-7(8)6(2)3/h7-8H,2,4-5H2,1,3H3. The lowest BCUT2D eigenvalue weighted by molar-refractivity contribution is -0.120. The van der Waals surface area contributed by atoms with Gasteiger partial charge in [-0.1, -0.05) is 19.1 Å². The van der Waals surface area contributed by atoms with Crippen molar-refractivity contribution in [3.8, 4) is 0 Å². The first kappa shape index (κ1) is 7.52. The second-order valence-electron chi connectivity index (χ2n) is 3.11. The molecule has 1 heteroatoms. The van der Waals surface area contributed by atoms with Crippen LogP contribution in [0.15, 0.2) is 12.2 Å². The number of hydrogen-bond acceptors (Lipinski definition) is 1. The highest BCUT2D eigenvalue weighted by Gasteiger charge is 2.41. The fraction of sp³-hybridized carbons (Fsp3) is 0.667. The second kappa shape index (κ2) is 2.57. The van der Waals surface area contributed by atoms with Gasteiger partial charge < -0.3 is 0 Å². The molecular weight excluding hydrogens is 124 g/mol. The Kier molecular flexibility index (Phi) is 1.93. The second-order valence-corrected chi connectivity index (χ2v) is 3.11. The average molecular weight is 138 g/mol. The summed E-state index contributed by atoms with van der Waals surface area (Å²) in [4.78, 5) is 11.0. The molecule has 0 aromatic heterocycles. The van der Waals surface area contributed by atoms with Gasteiger partial charge in [0.1, 0.15) is 5.78 Å². The predicted molar refractivity (Wildman–Crippen MR) is 41.7 cm³/mol. The summed E-state index contributed by atoms with van der Waals surface area (Å²) in [5.74, 6) is 1.27. The van der Waals surface area contributed by atoms with Crippen molar-refractivity contribution in [2.75, 3.05) is 0 Å². The van der Waals surface area contributed by atoms with Crippen LogP contribution < -0.4 is 0 Å². The summed E-state index contributed by atoms with van der Waals surface area (Å²) in [7, 11) is 0. The quantitative estimate of drug-likeness (QED) is 0.546. The van der Waals surface area contributed by atoms with Crippen molar-refractivity contribution in [3.63, 3.8) is 0 Å². The van der Waals surface area contributed by atoms with Gasteiger partial charge in [-0.2, -0.15) is 0 Å². The van der Waals surface area contributed by atoms with E-state index in [2.05, 4.69) is 6.58 Å². The van der Waals surface area contributed by atoms with Crippen LogP contribution in [-0.4, -0.2) is 5.78 Å². The maximum atomic E-state index is 11.0.